The number of rotatable bonds is 5. The minimum atomic E-state index is -2.10. The Morgan fingerprint density at radius 3 is 0.812 bits per heavy atom. The monoisotopic (exact) mass is 1260 g/mol. The molecule has 0 saturated heterocycles. The molecule has 5 aromatic heterocycles. The Morgan fingerprint density at radius 1 is 0.208 bits per heavy atom. The first-order valence-electron chi connectivity index (χ1n) is 36.0. The number of benzene rings is 10. The summed E-state index contributed by atoms with van der Waals surface area (Å²) >= 11 is 0. The summed E-state index contributed by atoms with van der Waals surface area (Å²) in [6, 6.07) is 81.9. The van der Waals surface area contributed by atoms with Crippen molar-refractivity contribution in [2.75, 3.05) is 0 Å². The third kappa shape index (κ3) is 15.1. The van der Waals surface area contributed by atoms with Gasteiger partial charge in [0.15, 0.2) is 31.0 Å². The maximum atomic E-state index is 7.78. The van der Waals surface area contributed by atoms with Crippen LogP contribution < -0.4 is 22.8 Å². The van der Waals surface area contributed by atoms with Crippen LogP contribution in [0.3, 0.4) is 0 Å². The highest BCUT2D eigenvalue weighted by Crippen LogP contribution is 2.31. The van der Waals surface area contributed by atoms with E-state index in [-0.39, 0.29) is 0 Å². The van der Waals surface area contributed by atoms with Gasteiger partial charge < -0.3 is 0 Å². The molecular formula is C91H92N5+5. The molecular weight excluding hydrogens is 1160 g/mol. The molecule has 0 N–H and O–H groups in total. The Hall–Kier alpha value is -10.8. The van der Waals surface area contributed by atoms with Gasteiger partial charge in [0, 0.05) is 93.3 Å². The van der Waals surface area contributed by atoms with Crippen LogP contribution in [0.15, 0.2) is 268 Å². The second-order valence-corrected chi connectivity index (χ2v) is 25.9. The summed E-state index contributed by atoms with van der Waals surface area (Å²) in [4.78, 5) is 0. The Labute approximate surface area is 578 Å². The fraction of sp³-hybridized carbons (Fsp3) is 0.176. The lowest BCUT2D eigenvalue weighted by Crippen LogP contribution is -2.30. The number of pyridine rings is 5. The molecule has 0 aliphatic rings. The number of aromatic nitrogens is 5. The van der Waals surface area contributed by atoms with E-state index in [4.69, 9.17) is 8.22 Å². The molecule has 0 aliphatic heterocycles. The molecule has 0 saturated carbocycles. The molecule has 5 heterocycles. The summed E-state index contributed by atoms with van der Waals surface area (Å²) in [6.07, 6.45) is 10.8. The molecule has 0 fully saturated rings. The molecule has 15 rings (SSSR count). The van der Waals surface area contributed by atoms with Crippen LogP contribution >= 0.6 is 0 Å². The van der Waals surface area contributed by atoms with Gasteiger partial charge in [-0.3, -0.25) is 0 Å². The summed E-state index contributed by atoms with van der Waals surface area (Å²) in [5.74, 6) is 0. The molecule has 0 unspecified atom stereocenters. The normalized spacial score (nSPS) is 12.1. The molecule has 5 heteroatoms. The number of hydrogen-bond acceptors (Lipinski definition) is 0. The van der Waals surface area contributed by atoms with Crippen molar-refractivity contribution >= 4 is 53.9 Å². The van der Waals surface area contributed by atoms with Gasteiger partial charge in [-0.1, -0.05) is 168 Å². The summed E-state index contributed by atoms with van der Waals surface area (Å²) in [5, 5.41) is 12.4. The highest BCUT2D eigenvalue weighted by atomic mass is 14.9. The van der Waals surface area contributed by atoms with Crippen molar-refractivity contribution in [1.82, 2.24) is 0 Å². The minimum absolute atomic E-state index is 0.386. The molecule has 0 radical (unpaired) electrons. The van der Waals surface area contributed by atoms with Gasteiger partial charge >= 0.3 is 0 Å². The maximum Gasteiger partial charge on any atom is 0.213 e. The zero-order valence-electron chi connectivity index (χ0n) is 64.1. The third-order valence-corrected chi connectivity index (χ3v) is 18.5. The molecule has 476 valence electrons. The van der Waals surface area contributed by atoms with Crippen molar-refractivity contribution in [3.8, 4) is 56.3 Å². The Bertz CT molecular complexity index is 5630. The average molecular weight is 1260 g/mol. The fourth-order valence-corrected chi connectivity index (χ4v) is 13.1. The second kappa shape index (κ2) is 29.3. The van der Waals surface area contributed by atoms with Crippen molar-refractivity contribution in [2.45, 2.75) is 76.0 Å². The zero-order chi connectivity index (χ0) is 72.9. The van der Waals surface area contributed by atoms with Gasteiger partial charge in [-0.25, -0.2) is 22.8 Å². The zero-order valence-corrected chi connectivity index (χ0v) is 58.1. The molecule has 0 bridgehead atoms. The number of nitrogens with zero attached hydrogens (tertiary/aromatic N) is 5. The van der Waals surface area contributed by atoms with Crippen molar-refractivity contribution in [3.05, 3.63) is 329 Å². The molecule has 5 nitrogen and oxygen atoms in total. The van der Waals surface area contributed by atoms with Gasteiger partial charge in [-0.15, -0.1) is 0 Å². The van der Waals surface area contributed by atoms with Crippen LogP contribution in [-0.2, 0) is 35.2 Å². The van der Waals surface area contributed by atoms with Gasteiger partial charge in [-0.2, -0.15) is 0 Å². The van der Waals surface area contributed by atoms with Crippen LogP contribution in [0.1, 0.15) is 69.4 Å². The van der Waals surface area contributed by atoms with E-state index in [1.165, 1.54) is 116 Å². The SMILES string of the molecule is Cc1cc(C)c(C)c(-c2cc3ccccc3c[n+]2C)c1.Cc1ccc(-c2cc3ccccc3c[n+]2C)c(C)c1.Cc1ccccc1-c1cc2ccccc2c[n+]1C.[2H]C([2H])([2H])c1cc(C)cc(-c2cc3ccccc3c[n+]2C)c1C.[2H]C([2H])([2H])c1ccc(-c2cc3ccccc3c[n+]2C)c(C)c1. The predicted octanol–water partition coefficient (Wildman–Crippen LogP) is 20.0. The molecule has 0 amide bonds. The number of fused-ring (bicyclic) bond motifs is 5. The maximum absolute atomic E-state index is 7.78. The lowest BCUT2D eigenvalue weighted by atomic mass is 9.96. The van der Waals surface area contributed by atoms with E-state index < -0.39 is 13.7 Å². The lowest BCUT2D eigenvalue weighted by molar-refractivity contribution is -0.659. The van der Waals surface area contributed by atoms with Gasteiger partial charge in [0.2, 0.25) is 28.5 Å². The topological polar surface area (TPSA) is 19.4 Å². The van der Waals surface area contributed by atoms with Crippen molar-refractivity contribution < 1.29 is 31.1 Å². The van der Waals surface area contributed by atoms with E-state index in [2.05, 4.69) is 305 Å². The summed E-state index contributed by atoms with van der Waals surface area (Å²) < 4.78 is 56.7. The van der Waals surface area contributed by atoms with E-state index in [1.807, 2.05) is 65.2 Å². The molecule has 10 aromatic carbocycles. The largest absolute Gasteiger partial charge is 0.213 e. The highest BCUT2D eigenvalue weighted by molar-refractivity contribution is 5.88. The van der Waals surface area contributed by atoms with Crippen molar-refractivity contribution in [3.63, 3.8) is 0 Å². The first-order valence-corrected chi connectivity index (χ1v) is 33.0. The van der Waals surface area contributed by atoms with Crippen LogP contribution in [0.2, 0.25) is 0 Å². The third-order valence-electron chi connectivity index (χ3n) is 18.5. The smallest absolute Gasteiger partial charge is 0.200 e. The van der Waals surface area contributed by atoms with E-state index in [9.17, 15) is 0 Å². The van der Waals surface area contributed by atoms with Gasteiger partial charge in [-0.05, 0) is 203 Å². The van der Waals surface area contributed by atoms with Crippen LogP contribution in [0.4, 0.5) is 0 Å². The lowest BCUT2D eigenvalue weighted by Gasteiger charge is -2.10. The molecule has 0 spiro atoms. The van der Waals surface area contributed by atoms with Gasteiger partial charge in [0.1, 0.15) is 35.2 Å². The van der Waals surface area contributed by atoms with Crippen molar-refractivity contribution in [2.24, 2.45) is 35.2 Å². The molecule has 0 aliphatic carbocycles. The van der Waals surface area contributed by atoms with Gasteiger partial charge in [0.05, 0.1) is 0 Å². The van der Waals surface area contributed by atoms with E-state index in [1.54, 1.807) is 18.2 Å². The summed E-state index contributed by atoms with van der Waals surface area (Å²) in [5.41, 5.74) is 23.4. The van der Waals surface area contributed by atoms with Crippen LogP contribution in [-0.4, -0.2) is 0 Å². The average Bonchev–Trinajstić information content (AvgIpc) is 0.794. The fourth-order valence-electron chi connectivity index (χ4n) is 13.1. The Morgan fingerprint density at radius 2 is 0.479 bits per heavy atom. The predicted molar refractivity (Wildman–Crippen MR) is 405 cm³/mol. The van der Waals surface area contributed by atoms with Crippen LogP contribution in [0.25, 0.3) is 110 Å². The van der Waals surface area contributed by atoms with Crippen molar-refractivity contribution in [1.29, 1.82) is 0 Å². The summed E-state index contributed by atoms with van der Waals surface area (Å²) in [6.45, 7) is 14.7. The number of hydrogen-bond donors (Lipinski definition) is 0. The van der Waals surface area contributed by atoms with Gasteiger partial charge in [0.25, 0.3) is 0 Å². The van der Waals surface area contributed by atoms with E-state index in [0.717, 1.165) is 44.6 Å². The van der Waals surface area contributed by atoms with E-state index in [0.29, 0.717) is 11.1 Å². The Balaban J connectivity index is 0.000000128. The first kappa shape index (κ1) is 59.0. The van der Waals surface area contributed by atoms with E-state index >= 15 is 0 Å². The standard InChI is InChI=1S/2C19H20N.2C18H18N.C17H16N/c2*1-13-9-14(2)15(3)18(10-13)19-11-16-7-5-6-8-17(16)12-20(19)4;2*1-13-8-9-17(14(2)10-13)18-11-15-6-4-5-7-16(15)12-19(18)3;1-13-7-3-6-10-16(13)17-11-14-8-4-5-9-15(14)12-18(17)2/h2*5-12H,1-4H3;2*4-12H,1-3H3;3-12H,1-2H3/q5*+1/i2D3;;1D3;;. The molecule has 0 atom stereocenters. The quantitative estimate of drug-likeness (QED) is 0.153. The number of aryl methyl sites for hydroxylation is 14. The molecule has 96 heavy (non-hydrogen) atoms. The molecule has 15 aromatic rings. The first-order chi connectivity index (χ1) is 48.6. The summed E-state index contributed by atoms with van der Waals surface area (Å²) in [7, 11) is 10.4. The van der Waals surface area contributed by atoms with Crippen LogP contribution in [0.5, 0.6) is 0 Å². The second-order valence-electron chi connectivity index (χ2n) is 25.9. The highest BCUT2D eigenvalue weighted by Gasteiger charge is 2.20. The van der Waals surface area contributed by atoms with Crippen LogP contribution in [0, 0.1) is 76.0 Å². The minimum Gasteiger partial charge on any atom is -0.200 e. The Kier molecular flexibility index (Phi) is 18.0.